The van der Waals surface area contributed by atoms with E-state index in [1.54, 1.807) is 27.7 Å². The molecular formula is C17H19F3N2O4. The van der Waals surface area contributed by atoms with Crippen molar-refractivity contribution >= 4 is 17.0 Å². The number of rotatable bonds is 3. The Labute approximate surface area is 147 Å². The molecular weight excluding hydrogens is 353 g/mol. The third kappa shape index (κ3) is 4.53. The topological polar surface area (TPSA) is 81.4 Å². The van der Waals surface area contributed by atoms with Crippen molar-refractivity contribution in [2.75, 3.05) is 0 Å². The van der Waals surface area contributed by atoms with Crippen LogP contribution in [0, 0.1) is 0 Å². The van der Waals surface area contributed by atoms with Crippen LogP contribution in [-0.2, 0) is 10.9 Å². The highest BCUT2D eigenvalue weighted by molar-refractivity contribution is 5.81. The molecule has 0 saturated heterocycles. The minimum atomic E-state index is -4.71. The minimum Gasteiger partial charge on any atom is -0.444 e. The number of alkyl carbamates (subject to hydrolysis) is 1. The molecule has 0 aliphatic heterocycles. The summed E-state index contributed by atoms with van der Waals surface area (Å²) in [7, 11) is 0. The fourth-order valence-corrected chi connectivity index (χ4v) is 2.31. The quantitative estimate of drug-likeness (QED) is 0.874. The Balaban J connectivity index is 2.44. The predicted molar refractivity (Wildman–Crippen MR) is 87.7 cm³/mol. The van der Waals surface area contributed by atoms with E-state index in [2.05, 4.69) is 10.3 Å². The third-order valence-corrected chi connectivity index (χ3v) is 3.38. The minimum absolute atomic E-state index is 0.157. The molecule has 0 bridgehead atoms. The fraction of sp³-hybridized carbons (Fsp3) is 0.471. The van der Waals surface area contributed by atoms with Crippen LogP contribution in [0.2, 0.25) is 0 Å². The molecule has 1 aromatic carbocycles. The summed E-state index contributed by atoms with van der Waals surface area (Å²) < 4.78 is 49.3. The summed E-state index contributed by atoms with van der Waals surface area (Å²) in [6.45, 7) is 6.74. The molecule has 1 N–H and O–H groups in total. The highest BCUT2D eigenvalue weighted by Gasteiger charge is 2.34. The van der Waals surface area contributed by atoms with Crippen LogP contribution >= 0.6 is 0 Å². The lowest BCUT2D eigenvalue weighted by atomic mass is 10.1. The molecule has 1 heterocycles. The number of hydrogen-bond acceptors (Lipinski definition) is 5. The van der Waals surface area contributed by atoms with Crippen molar-refractivity contribution in [3.05, 3.63) is 40.1 Å². The second kappa shape index (κ2) is 6.97. The first-order valence-corrected chi connectivity index (χ1v) is 7.93. The Bertz CT molecular complexity index is 869. The van der Waals surface area contributed by atoms with Crippen LogP contribution in [0.4, 0.5) is 18.0 Å². The Morgan fingerprint density at radius 3 is 2.50 bits per heavy atom. The van der Waals surface area contributed by atoms with Crippen molar-refractivity contribution < 1.29 is 27.1 Å². The Kier molecular flexibility index (Phi) is 5.29. The van der Waals surface area contributed by atoms with Gasteiger partial charge in [0.2, 0.25) is 5.89 Å². The van der Waals surface area contributed by atoms with E-state index in [4.69, 9.17) is 9.15 Å². The zero-order valence-electron chi connectivity index (χ0n) is 14.7. The normalized spacial score (nSPS) is 13.5. The monoisotopic (exact) mass is 372 g/mol. The van der Waals surface area contributed by atoms with Crippen LogP contribution in [0.25, 0.3) is 10.9 Å². The van der Waals surface area contributed by atoms with E-state index in [0.717, 1.165) is 12.1 Å². The molecule has 2 aromatic rings. The summed E-state index contributed by atoms with van der Waals surface area (Å²) in [4.78, 5) is 28.1. The predicted octanol–water partition coefficient (Wildman–Crippen LogP) is 4.18. The Hall–Kier alpha value is -2.58. The largest absolute Gasteiger partial charge is 0.444 e. The molecule has 26 heavy (non-hydrogen) atoms. The van der Waals surface area contributed by atoms with E-state index in [1.165, 1.54) is 6.07 Å². The first-order valence-electron chi connectivity index (χ1n) is 7.93. The van der Waals surface area contributed by atoms with Crippen LogP contribution in [0.15, 0.2) is 27.4 Å². The summed E-state index contributed by atoms with van der Waals surface area (Å²) >= 11 is 0. The first-order chi connectivity index (χ1) is 11.9. The highest BCUT2D eigenvalue weighted by atomic mass is 19.4. The van der Waals surface area contributed by atoms with Crippen molar-refractivity contribution in [2.24, 2.45) is 0 Å². The molecule has 0 aliphatic rings. The number of alkyl halides is 3. The van der Waals surface area contributed by atoms with Crippen LogP contribution in [0.1, 0.15) is 51.6 Å². The summed E-state index contributed by atoms with van der Waals surface area (Å²) in [5.74, 6) is -0.185. The van der Waals surface area contributed by atoms with Gasteiger partial charge in [-0.15, -0.1) is 0 Å². The number of ether oxygens (including phenoxy) is 1. The number of hydrogen-bond donors (Lipinski definition) is 1. The molecule has 0 radical (unpaired) electrons. The zero-order chi connectivity index (χ0) is 19.7. The lowest BCUT2D eigenvalue weighted by Crippen LogP contribution is -2.35. The van der Waals surface area contributed by atoms with Gasteiger partial charge in [-0.3, -0.25) is 0 Å². The van der Waals surface area contributed by atoms with Gasteiger partial charge >= 0.3 is 17.9 Å². The van der Waals surface area contributed by atoms with Gasteiger partial charge in [0, 0.05) is 0 Å². The van der Waals surface area contributed by atoms with Gasteiger partial charge in [0.1, 0.15) is 11.6 Å². The number of carbonyl (C=O) groups excluding carboxylic acids is 1. The van der Waals surface area contributed by atoms with Crippen LogP contribution < -0.4 is 10.9 Å². The number of carbonyl (C=O) groups is 1. The second-order valence-corrected chi connectivity index (χ2v) is 6.64. The van der Waals surface area contributed by atoms with E-state index in [0.29, 0.717) is 6.42 Å². The van der Waals surface area contributed by atoms with Gasteiger partial charge < -0.3 is 14.5 Å². The van der Waals surface area contributed by atoms with Crippen LogP contribution in [0.3, 0.4) is 0 Å². The van der Waals surface area contributed by atoms with E-state index in [-0.39, 0.29) is 11.4 Å². The number of benzene rings is 1. The second-order valence-electron chi connectivity index (χ2n) is 6.64. The van der Waals surface area contributed by atoms with Gasteiger partial charge in [-0.05, 0) is 39.3 Å². The van der Waals surface area contributed by atoms with Gasteiger partial charge in [-0.1, -0.05) is 13.0 Å². The molecule has 142 valence electrons. The molecule has 1 aromatic heterocycles. The molecule has 0 aliphatic carbocycles. The maximum atomic E-state index is 13.1. The standard InChI is InChI=1S/C17H19F3N2O4/c1-5-10(22-15(24)26-16(2,3)4)13-21-11-8-6-7-9(17(18,19)20)12(11)14(23)25-13/h6-8,10H,5H2,1-4H3,(H,22,24)/t10-/m0/s1. The van der Waals surface area contributed by atoms with Crippen LogP contribution in [0.5, 0.6) is 0 Å². The highest BCUT2D eigenvalue weighted by Crippen LogP contribution is 2.33. The SMILES string of the molecule is CC[C@H](NC(=O)OC(C)(C)C)c1nc2cccc(C(F)(F)F)c2c(=O)o1. The van der Waals surface area contributed by atoms with Gasteiger partial charge in [0.15, 0.2) is 0 Å². The number of nitrogens with zero attached hydrogens (tertiary/aromatic N) is 1. The average Bonchev–Trinajstić information content (AvgIpc) is 2.49. The number of nitrogens with one attached hydrogen (secondary N) is 1. The smallest absolute Gasteiger partial charge is 0.417 e. The third-order valence-electron chi connectivity index (χ3n) is 3.38. The molecule has 6 nitrogen and oxygen atoms in total. The lowest BCUT2D eigenvalue weighted by Gasteiger charge is -2.22. The average molecular weight is 372 g/mol. The summed E-state index contributed by atoms with van der Waals surface area (Å²) in [6.07, 6.45) is -5.17. The van der Waals surface area contributed by atoms with Gasteiger partial charge in [-0.2, -0.15) is 13.2 Å². The number of amides is 1. The van der Waals surface area contributed by atoms with Crippen molar-refractivity contribution in [1.29, 1.82) is 0 Å². The molecule has 0 saturated carbocycles. The van der Waals surface area contributed by atoms with Gasteiger partial charge in [0.05, 0.1) is 16.5 Å². The zero-order valence-corrected chi connectivity index (χ0v) is 14.7. The fourth-order valence-electron chi connectivity index (χ4n) is 2.31. The summed E-state index contributed by atoms with van der Waals surface area (Å²) in [6, 6.07) is 2.41. The molecule has 0 fully saturated rings. The van der Waals surface area contributed by atoms with Crippen LogP contribution in [-0.4, -0.2) is 16.7 Å². The molecule has 1 atom stereocenters. The number of fused-ring (bicyclic) bond motifs is 1. The first kappa shape index (κ1) is 19.7. The van der Waals surface area contributed by atoms with E-state index >= 15 is 0 Å². The van der Waals surface area contributed by atoms with Crippen molar-refractivity contribution in [3.8, 4) is 0 Å². The number of halogens is 3. The van der Waals surface area contributed by atoms with Crippen molar-refractivity contribution in [3.63, 3.8) is 0 Å². The maximum Gasteiger partial charge on any atom is 0.417 e. The molecule has 0 unspecified atom stereocenters. The lowest BCUT2D eigenvalue weighted by molar-refractivity contribution is -0.136. The summed E-state index contributed by atoms with van der Waals surface area (Å²) in [5, 5.41) is 1.86. The van der Waals surface area contributed by atoms with Crippen molar-refractivity contribution in [1.82, 2.24) is 10.3 Å². The van der Waals surface area contributed by atoms with E-state index in [9.17, 15) is 22.8 Å². The Morgan fingerprint density at radius 2 is 1.96 bits per heavy atom. The summed E-state index contributed by atoms with van der Waals surface area (Å²) in [5.41, 5.74) is -3.17. The van der Waals surface area contributed by atoms with Crippen molar-refractivity contribution in [2.45, 2.75) is 51.9 Å². The molecule has 9 heteroatoms. The maximum absolute atomic E-state index is 13.1. The molecule has 0 spiro atoms. The van der Waals surface area contributed by atoms with Gasteiger partial charge in [-0.25, -0.2) is 14.6 Å². The van der Waals surface area contributed by atoms with Gasteiger partial charge in [0.25, 0.3) is 0 Å². The van der Waals surface area contributed by atoms with E-state index in [1.807, 2.05) is 0 Å². The molecule has 2 rings (SSSR count). The van der Waals surface area contributed by atoms with E-state index < -0.39 is 40.5 Å². The Morgan fingerprint density at radius 1 is 1.31 bits per heavy atom. The molecule has 1 amide bonds. The number of aromatic nitrogens is 1.